The van der Waals surface area contributed by atoms with Gasteiger partial charge in [0, 0.05) is 24.7 Å². The Morgan fingerprint density at radius 3 is 2.90 bits per heavy atom. The van der Waals surface area contributed by atoms with Gasteiger partial charge in [-0.25, -0.2) is 0 Å². The molecule has 1 atom stereocenters. The molecule has 1 aromatic rings. The molecule has 0 aliphatic heterocycles. The van der Waals surface area contributed by atoms with E-state index in [-0.39, 0.29) is 5.91 Å². The van der Waals surface area contributed by atoms with Gasteiger partial charge in [0.2, 0.25) is 0 Å². The molecule has 1 unspecified atom stereocenters. The summed E-state index contributed by atoms with van der Waals surface area (Å²) in [6.45, 7) is 2.76. The Hall–Kier alpha value is -1.40. The fourth-order valence-electron chi connectivity index (χ4n) is 1.53. The molecule has 5 nitrogen and oxygen atoms in total. The van der Waals surface area contributed by atoms with Crippen molar-refractivity contribution >= 4 is 28.1 Å². The molecule has 0 radical (unpaired) electrons. The van der Waals surface area contributed by atoms with Crippen molar-refractivity contribution in [1.29, 1.82) is 0 Å². The maximum Gasteiger partial charge on any atom is 0.260 e. The maximum absolute atomic E-state index is 11.8. The van der Waals surface area contributed by atoms with Gasteiger partial charge >= 0.3 is 0 Å². The molecule has 1 amide bonds. The Kier molecular flexibility index (Phi) is 7.25. The lowest BCUT2D eigenvalue weighted by Gasteiger charge is -2.16. The van der Waals surface area contributed by atoms with Crippen molar-refractivity contribution in [1.82, 2.24) is 5.32 Å². The van der Waals surface area contributed by atoms with Gasteiger partial charge < -0.3 is 14.8 Å². The molecule has 0 aromatic heterocycles. The van der Waals surface area contributed by atoms with Gasteiger partial charge in [0.25, 0.3) is 5.91 Å². The fraction of sp³-hybridized carbons (Fsp3) is 0.429. The molecule has 1 rings (SSSR count). The number of benzene rings is 1. The zero-order valence-electron chi connectivity index (χ0n) is 11.5. The van der Waals surface area contributed by atoms with Crippen LogP contribution in [0.3, 0.4) is 0 Å². The molecule has 0 bridgehead atoms. The van der Waals surface area contributed by atoms with Gasteiger partial charge in [0.05, 0.1) is 5.56 Å². The number of nitrogens with one attached hydrogen (secondary N) is 1. The summed E-state index contributed by atoms with van der Waals surface area (Å²) in [5.41, 5.74) is 0.401. The van der Waals surface area contributed by atoms with Crippen LogP contribution in [0, 0.1) is 0 Å². The maximum atomic E-state index is 11.8. The van der Waals surface area contributed by atoms with Gasteiger partial charge in [-0.3, -0.25) is 9.59 Å². The average molecular weight is 344 g/mol. The van der Waals surface area contributed by atoms with Crippen LogP contribution in [0.1, 0.15) is 23.7 Å². The molecule has 0 aliphatic rings. The third kappa shape index (κ3) is 5.30. The van der Waals surface area contributed by atoms with Crippen molar-refractivity contribution in [2.24, 2.45) is 0 Å². The van der Waals surface area contributed by atoms with E-state index in [9.17, 15) is 9.59 Å². The van der Waals surface area contributed by atoms with E-state index < -0.39 is 6.10 Å². The summed E-state index contributed by atoms with van der Waals surface area (Å²) in [6.07, 6.45) is 0.772. The predicted molar refractivity (Wildman–Crippen MR) is 79.1 cm³/mol. The summed E-state index contributed by atoms with van der Waals surface area (Å²) in [7, 11) is 1.61. The number of halogens is 1. The summed E-state index contributed by atoms with van der Waals surface area (Å²) >= 11 is 3.28. The number of hydrogen-bond acceptors (Lipinski definition) is 4. The highest BCUT2D eigenvalue weighted by Gasteiger charge is 2.15. The monoisotopic (exact) mass is 343 g/mol. The number of ether oxygens (including phenoxy) is 2. The number of rotatable bonds is 8. The highest BCUT2D eigenvalue weighted by Crippen LogP contribution is 2.22. The van der Waals surface area contributed by atoms with E-state index in [1.807, 2.05) is 0 Å². The number of hydrogen-bond donors (Lipinski definition) is 1. The quantitative estimate of drug-likeness (QED) is 0.580. The summed E-state index contributed by atoms with van der Waals surface area (Å²) in [4.78, 5) is 22.8. The van der Waals surface area contributed by atoms with Crippen LogP contribution in [-0.4, -0.2) is 38.6 Å². The second-order valence-corrected chi connectivity index (χ2v) is 5.11. The number of carbonyl (C=O) groups is 2. The predicted octanol–water partition coefficient (Wildman–Crippen LogP) is 2.18. The van der Waals surface area contributed by atoms with E-state index in [1.54, 1.807) is 32.2 Å². The third-order valence-electron chi connectivity index (χ3n) is 2.60. The first-order valence-electron chi connectivity index (χ1n) is 6.26. The van der Waals surface area contributed by atoms with Crippen molar-refractivity contribution in [2.45, 2.75) is 19.4 Å². The topological polar surface area (TPSA) is 64.6 Å². The SMILES string of the molecule is COCCCNC(=O)C(C)Oc1ccc(Br)cc1C=O. The largest absolute Gasteiger partial charge is 0.480 e. The van der Waals surface area contributed by atoms with Crippen molar-refractivity contribution in [3.8, 4) is 5.75 Å². The molecule has 110 valence electrons. The van der Waals surface area contributed by atoms with E-state index in [0.29, 0.717) is 30.8 Å². The number of amides is 1. The first-order valence-corrected chi connectivity index (χ1v) is 7.05. The second kappa shape index (κ2) is 8.71. The molecule has 0 heterocycles. The van der Waals surface area contributed by atoms with Crippen LogP contribution in [0.25, 0.3) is 0 Å². The standard InChI is InChI=1S/C14H18BrNO4/c1-10(14(18)16-6-3-7-19-2)20-13-5-4-12(15)8-11(13)9-17/h4-5,8-10H,3,6-7H2,1-2H3,(H,16,18). The smallest absolute Gasteiger partial charge is 0.260 e. The van der Waals surface area contributed by atoms with Crippen molar-refractivity contribution in [2.75, 3.05) is 20.3 Å². The highest BCUT2D eigenvalue weighted by molar-refractivity contribution is 9.10. The van der Waals surface area contributed by atoms with Gasteiger partial charge in [-0.2, -0.15) is 0 Å². The first kappa shape index (κ1) is 16.7. The summed E-state index contributed by atoms with van der Waals surface area (Å²) in [6, 6.07) is 5.06. The Morgan fingerprint density at radius 1 is 1.50 bits per heavy atom. The minimum absolute atomic E-state index is 0.221. The van der Waals surface area contributed by atoms with Crippen molar-refractivity contribution < 1.29 is 19.1 Å². The lowest BCUT2D eigenvalue weighted by Crippen LogP contribution is -2.37. The average Bonchev–Trinajstić information content (AvgIpc) is 2.45. The molecule has 0 fully saturated rings. The van der Waals surface area contributed by atoms with Gasteiger partial charge in [-0.1, -0.05) is 15.9 Å². The molecule has 0 saturated heterocycles. The van der Waals surface area contributed by atoms with Crippen LogP contribution in [-0.2, 0) is 9.53 Å². The van der Waals surface area contributed by atoms with E-state index in [4.69, 9.17) is 9.47 Å². The minimum Gasteiger partial charge on any atom is -0.480 e. The Balaban J connectivity index is 2.54. The molecule has 1 N–H and O–H groups in total. The van der Waals surface area contributed by atoms with Gasteiger partial charge in [0.15, 0.2) is 12.4 Å². The Labute approximate surface area is 126 Å². The molecular formula is C14H18BrNO4. The summed E-state index contributed by atoms with van der Waals surface area (Å²) < 4.78 is 11.2. The van der Waals surface area contributed by atoms with E-state index in [2.05, 4.69) is 21.2 Å². The zero-order valence-corrected chi connectivity index (χ0v) is 13.1. The lowest BCUT2D eigenvalue weighted by molar-refractivity contribution is -0.127. The van der Waals surface area contributed by atoms with E-state index in [1.165, 1.54) is 0 Å². The molecule has 6 heteroatoms. The van der Waals surface area contributed by atoms with Crippen LogP contribution >= 0.6 is 15.9 Å². The van der Waals surface area contributed by atoms with Crippen LogP contribution in [0.5, 0.6) is 5.75 Å². The van der Waals surface area contributed by atoms with Crippen LogP contribution in [0.15, 0.2) is 22.7 Å². The normalized spacial score (nSPS) is 11.8. The highest BCUT2D eigenvalue weighted by atomic mass is 79.9. The molecule has 0 saturated carbocycles. The van der Waals surface area contributed by atoms with Gasteiger partial charge in [-0.05, 0) is 31.5 Å². The van der Waals surface area contributed by atoms with Gasteiger partial charge in [-0.15, -0.1) is 0 Å². The first-order chi connectivity index (χ1) is 9.58. The second-order valence-electron chi connectivity index (χ2n) is 4.20. The summed E-state index contributed by atoms with van der Waals surface area (Å²) in [5.74, 6) is 0.170. The van der Waals surface area contributed by atoms with Crippen LogP contribution < -0.4 is 10.1 Å². The van der Waals surface area contributed by atoms with Crippen LogP contribution in [0.4, 0.5) is 0 Å². The van der Waals surface area contributed by atoms with Gasteiger partial charge in [0.1, 0.15) is 5.75 Å². The molecular weight excluding hydrogens is 326 g/mol. The Bertz CT molecular complexity index is 464. The van der Waals surface area contributed by atoms with Crippen molar-refractivity contribution in [3.05, 3.63) is 28.2 Å². The lowest BCUT2D eigenvalue weighted by atomic mass is 10.2. The zero-order chi connectivity index (χ0) is 15.0. The number of aldehydes is 1. The molecule has 0 aliphatic carbocycles. The third-order valence-corrected chi connectivity index (χ3v) is 3.09. The fourth-order valence-corrected chi connectivity index (χ4v) is 1.91. The van der Waals surface area contributed by atoms with Crippen molar-refractivity contribution in [3.63, 3.8) is 0 Å². The molecule has 20 heavy (non-hydrogen) atoms. The Morgan fingerprint density at radius 2 is 2.25 bits per heavy atom. The number of methoxy groups -OCH3 is 1. The minimum atomic E-state index is -0.669. The van der Waals surface area contributed by atoms with E-state index in [0.717, 1.165) is 10.9 Å². The molecule has 1 aromatic carbocycles. The van der Waals surface area contributed by atoms with E-state index >= 15 is 0 Å². The van der Waals surface area contributed by atoms with Crippen LogP contribution in [0.2, 0.25) is 0 Å². The molecule has 0 spiro atoms. The summed E-state index contributed by atoms with van der Waals surface area (Å²) in [5, 5.41) is 2.74. The number of carbonyl (C=O) groups excluding carboxylic acids is 2.